The number of hydrogen-bond donors (Lipinski definition) is 4. The summed E-state index contributed by atoms with van der Waals surface area (Å²) in [5.41, 5.74) is 12.1. The van der Waals surface area contributed by atoms with Crippen molar-refractivity contribution in [1.82, 2.24) is 14.5 Å². The van der Waals surface area contributed by atoms with Gasteiger partial charge in [-0.05, 0) is 25.2 Å². The largest absolute Gasteiger partial charge is 0.465 e. The molecule has 6 N–H and O–H groups in total. The summed E-state index contributed by atoms with van der Waals surface area (Å²) in [4.78, 5) is 19.6. The molecule has 1 aliphatic rings. The maximum atomic E-state index is 11.5. The van der Waals surface area contributed by atoms with Crippen molar-refractivity contribution in [1.29, 1.82) is 0 Å². The summed E-state index contributed by atoms with van der Waals surface area (Å²) in [6.07, 6.45) is -0.0193. The van der Waals surface area contributed by atoms with Gasteiger partial charge in [-0.1, -0.05) is 0 Å². The highest BCUT2D eigenvalue weighted by molar-refractivity contribution is 7.99. The fourth-order valence-corrected chi connectivity index (χ4v) is 4.16. The lowest BCUT2D eigenvalue weighted by Crippen LogP contribution is -2.34. The van der Waals surface area contributed by atoms with Crippen LogP contribution in [0, 0.1) is 0 Å². The number of aromatic nitrogens is 3. The van der Waals surface area contributed by atoms with Gasteiger partial charge in [0.25, 0.3) is 0 Å². The molecule has 1 aliphatic heterocycles. The average Bonchev–Trinajstić information content (AvgIpc) is 3.22. The minimum absolute atomic E-state index is 0.297. The zero-order valence-corrected chi connectivity index (χ0v) is 16.3. The lowest BCUT2D eigenvalue weighted by Gasteiger charge is -2.17. The first-order valence-corrected chi connectivity index (χ1v) is 10.2. The first-order chi connectivity index (χ1) is 13.4. The fourth-order valence-electron chi connectivity index (χ4n) is 3.07. The van der Waals surface area contributed by atoms with Crippen LogP contribution in [0.3, 0.4) is 0 Å². The Labute approximate surface area is 166 Å². The number of aliphatic hydroxyl groups excluding tert-OH is 2. The number of fused-ring (bicyclic) bond motifs is 1. The minimum Gasteiger partial charge on any atom is -0.465 e. The van der Waals surface area contributed by atoms with Gasteiger partial charge in [0.05, 0.1) is 18.1 Å². The zero-order chi connectivity index (χ0) is 20.3. The summed E-state index contributed by atoms with van der Waals surface area (Å²) in [7, 11) is 0. The highest BCUT2D eigenvalue weighted by Crippen LogP contribution is 2.34. The van der Waals surface area contributed by atoms with E-state index in [0.29, 0.717) is 41.4 Å². The number of aliphatic hydroxyl groups is 2. The summed E-state index contributed by atoms with van der Waals surface area (Å²) >= 11 is 1.49. The van der Waals surface area contributed by atoms with Gasteiger partial charge in [0.15, 0.2) is 6.23 Å². The summed E-state index contributed by atoms with van der Waals surface area (Å²) in [5, 5.41) is 21.5. The van der Waals surface area contributed by atoms with Gasteiger partial charge < -0.3 is 35.7 Å². The van der Waals surface area contributed by atoms with Crippen molar-refractivity contribution in [2.24, 2.45) is 5.73 Å². The maximum Gasteiger partial charge on any atom is 0.322 e. The number of carbonyl (C=O) groups excluding carboxylic acids is 1. The van der Waals surface area contributed by atoms with Gasteiger partial charge in [0.1, 0.15) is 36.0 Å². The van der Waals surface area contributed by atoms with E-state index in [0.717, 1.165) is 0 Å². The molecule has 2 aromatic rings. The second-order valence-electron chi connectivity index (χ2n) is 6.49. The maximum absolute atomic E-state index is 11.5. The van der Waals surface area contributed by atoms with Crippen LogP contribution in [0.4, 0.5) is 5.82 Å². The molecule has 0 aromatic carbocycles. The smallest absolute Gasteiger partial charge is 0.322 e. The minimum atomic E-state index is -1.11. The van der Waals surface area contributed by atoms with Gasteiger partial charge in [-0.3, -0.25) is 4.79 Å². The number of esters is 1. The molecule has 3 rings (SSSR count). The molecule has 5 atom stereocenters. The molecule has 0 bridgehead atoms. The third-order valence-electron chi connectivity index (χ3n) is 4.60. The highest BCUT2D eigenvalue weighted by atomic mass is 32.2. The Morgan fingerprint density at radius 3 is 2.96 bits per heavy atom. The summed E-state index contributed by atoms with van der Waals surface area (Å²) in [5.74, 6) is 0.961. The monoisotopic (exact) mass is 411 g/mol. The number of nitrogens with two attached hydrogens (primary N) is 2. The van der Waals surface area contributed by atoms with Gasteiger partial charge in [-0.25, -0.2) is 9.97 Å². The van der Waals surface area contributed by atoms with E-state index < -0.39 is 36.6 Å². The summed E-state index contributed by atoms with van der Waals surface area (Å²) in [6.45, 7) is 2.03. The van der Waals surface area contributed by atoms with Gasteiger partial charge in [0, 0.05) is 11.9 Å². The van der Waals surface area contributed by atoms with E-state index in [1.807, 2.05) is 0 Å². The molecule has 0 saturated carbocycles. The van der Waals surface area contributed by atoms with Crippen LogP contribution in [0.15, 0.2) is 18.6 Å². The Morgan fingerprint density at radius 1 is 1.43 bits per heavy atom. The highest BCUT2D eigenvalue weighted by Gasteiger charge is 2.43. The number of anilines is 1. The number of nitrogen functional groups attached to an aromatic ring is 1. The molecule has 1 unspecified atom stereocenters. The summed E-state index contributed by atoms with van der Waals surface area (Å²) in [6, 6.07) is 1.07. The van der Waals surface area contributed by atoms with Crippen LogP contribution in [-0.4, -0.2) is 73.2 Å². The standard InChI is InChI=1S/C17H25N5O5S/c1-2-26-17(25)10(18)4-6-28-7-11-12(23)13(24)16(27-11)22-5-3-9-14(19)20-8-21-15(9)22/h3,5,8,10-13,16,23-24H,2,4,6-7,18H2,1H3,(H2,19,20,21)/t10?,11-,12-,13-,16-/m1/s1. The van der Waals surface area contributed by atoms with E-state index in [1.54, 1.807) is 23.8 Å². The van der Waals surface area contributed by atoms with E-state index >= 15 is 0 Å². The number of thioether (sulfide) groups is 1. The molecule has 3 heterocycles. The topological polar surface area (TPSA) is 159 Å². The Bertz CT molecular complexity index is 818. The molecular formula is C17H25N5O5S. The first kappa shape index (κ1) is 20.8. The van der Waals surface area contributed by atoms with Gasteiger partial charge >= 0.3 is 5.97 Å². The number of carbonyl (C=O) groups is 1. The molecule has 154 valence electrons. The van der Waals surface area contributed by atoms with Crippen LogP contribution in [0.2, 0.25) is 0 Å². The Kier molecular flexibility index (Phi) is 6.73. The number of nitrogens with zero attached hydrogens (tertiary/aromatic N) is 3. The molecule has 0 spiro atoms. The molecule has 0 amide bonds. The zero-order valence-electron chi connectivity index (χ0n) is 15.5. The van der Waals surface area contributed by atoms with E-state index in [2.05, 4.69) is 9.97 Å². The van der Waals surface area contributed by atoms with E-state index in [-0.39, 0.29) is 0 Å². The number of ether oxygens (including phenoxy) is 2. The fraction of sp³-hybridized carbons (Fsp3) is 0.588. The van der Waals surface area contributed by atoms with Crippen molar-refractivity contribution >= 4 is 34.6 Å². The van der Waals surface area contributed by atoms with Crippen LogP contribution in [0.5, 0.6) is 0 Å². The Morgan fingerprint density at radius 2 is 2.21 bits per heavy atom. The SMILES string of the molecule is CCOC(=O)C(N)CCSC[C@H]1O[C@@H](n2ccc3c(N)ncnc32)[C@H](O)[C@@H]1O. The average molecular weight is 411 g/mol. The quantitative estimate of drug-likeness (QED) is 0.334. The Balaban J connectivity index is 1.57. The van der Waals surface area contributed by atoms with Gasteiger partial charge in [-0.15, -0.1) is 0 Å². The van der Waals surface area contributed by atoms with E-state index in [1.165, 1.54) is 18.1 Å². The first-order valence-electron chi connectivity index (χ1n) is 9.02. The molecule has 2 aromatic heterocycles. The molecule has 0 aliphatic carbocycles. The van der Waals surface area contributed by atoms with Gasteiger partial charge in [-0.2, -0.15) is 11.8 Å². The predicted molar refractivity (Wildman–Crippen MR) is 104 cm³/mol. The van der Waals surface area contributed by atoms with Crippen molar-refractivity contribution in [3.8, 4) is 0 Å². The van der Waals surface area contributed by atoms with Crippen molar-refractivity contribution in [3.05, 3.63) is 18.6 Å². The molecule has 0 radical (unpaired) electrons. The predicted octanol–water partition coefficient (Wildman–Crippen LogP) is -0.354. The van der Waals surface area contributed by atoms with Crippen LogP contribution in [0.25, 0.3) is 11.0 Å². The molecule has 10 nitrogen and oxygen atoms in total. The lowest BCUT2D eigenvalue weighted by molar-refractivity contribution is -0.144. The number of rotatable bonds is 8. The second kappa shape index (κ2) is 9.05. The van der Waals surface area contributed by atoms with Crippen LogP contribution in [-0.2, 0) is 14.3 Å². The molecular weight excluding hydrogens is 386 g/mol. The van der Waals surface area contributed by atoms with Crippen LogP contribution in [0.1, 0.15) is 19.6 Å². The molecule has 1 saturated heterocycles. The third-order valence-corrected chi connectivity index (χ3v) is 5.68. The van der Waals surface area contributed by atoms with Crippen molar-refractivity contribution in [2.45, 2.75) is 43.9 Å². The van der Waals surface area contributed by atoms with Crippen molar-refractivity contribution < 1.29 is 24.5 Å². The van der Waals surface area contributed by atoms with E-state index in [9.17, 15) is 15.0 Å². The normalized spacial score (nSPS) is 25.9. The van der Waals surface area contributed by atoms with Crippen molar-refractivity contribution in [3.63, 3.8) is 0 Å². The van der Waals surface area contributed by atoms with Gasteiger partial charge in [0.2, 0.25) is 0 Å². The number of hydrogen-bond acceptors (Lipinski definition) is 10. The summed E-state index contributed by atoms with van der Waals surface area (Å²) < 4.78 is 12.4. The molecule has 28 heavy (non-hydrogen) atoms. The third kappa shape index (κ3) is 4.23. The van der Waals surface area contributed by atoms with Crippen LogP contribution >= 0.6 is 11.8 Å². The van der Waals surface area contributed by atoms with Crippen LogP contribution < -0.4 is 11.5 Å². The molecule has 1 fully saturated rings. The second-order valence-corrected chi connectivity index (χ2v) is 7.64. The molecule has 11 heteroatoms. The van der Waals surface area contributed by atoms with E-state index in [4.69, 9.17) is 20.9 Å². The lowest BCUT2D eigenvalue weighted by atomic mass is 10.1. The van der Waals surface area contributed by atoms with Crippen molar-refractivity contribution in [2.75, 3.05) is 23.8 Å². The Hall–Kier alpha value is -1.92.